The molecule has 0 unspecified atom stereocenters. The van der Waals surface area contributed by atoms with E-state index in [9.17, 15) is 5.11 Å². The van der Waals surface area contributed by atoms with E-state index in [4.69, 9.17) is 4.51 Å². The van der Waals surface area contributed by atoms with Crippen molar-refractivity contribution in [2.24, 2.45) is 0 Å². The molecule has 24 heavy (non-hydrogen) atoms. The molecule has 2 aliphatic heterocycles. The predicted molar refractivity (Wildman–Crippen MR) is 96.8 cm³/mol. The molecule has 0 amide bonds. The van der Waals surface area contributed by atoms with Crippen molar-refractivity contribution in [1.82, 2.24) is 0 Å². The third kappa shape index (κ3) is 1.15. The summed E-state index contributed by atoms with van der Waals surface area (Å²) in [5, 5.41) is 13.1. The second-order valence-electron chi connectivity index (χ2n) is 6.07. The first kappa shape index (κ1) is 14.1. The number of pyridine rings is 2. The fourth-order valence-electron chi connectivity index (χ4n) is 4.09. The molecule has 118 valence electrons. The van der Waals surface area contributed by atoms with Crippen LogP contribution in [0, 0.1) is 6.26 Å². The average molecular weight is 369 g/mol. The molecule has 3 aromatic rings. The van der Waals surface area contributed by atoms with Crippen LogP contribution in [-0.4, -0.2) is 10.5 Å². The second-order valence-corrected chi connectivity index (χ2v) is 19.8. The molecule has 1 aromatic carbocycles. The Morgan fingerprint density at radius 3 is 1.83 bits per heavy atom. The zero-order chi connectivity index (χ0) is 16.3. The average Bonchev–Trinajstić information content (AvgIpc) is 2.60. The first-order valence-electron chi connectivity index (χ1n) is 7.64. The number of hydrogen-bond donors (Lipinski definition) is 1. The van der Waals surface area contributed by atoms with Crippen LogP contribution in [0.1, 0.15) is 0 Å². The molecule has 0 aliphatic carbocycles. The van der Waals surface area contributed by atoms with Gasteiger partial charge in [0.1, 0.15) is 0 Å². The summed E-state index contributed by atoms with van der Waals surface area (Å²) in [4.78, 5) is 0. The second kappa shape index (κ2) is 4.03. The molecular weight excluding hydrogens is 354 g/mol. The predicted octanol–water partition coefficient (Wildman–Crippen LogP) is 2.28. The molecule has 0 atom stereocenters. The number of aliphatic hydroxyl groups is 1. The number of benzene rings is 1. The Labute approximate surface area is 146 Å². The summed E-state index contributed by atoms with van der Waals surface area (Å²) in [6.45, 7) is 0. The Morgan fingerprint density at radius 1 is 0.792 bits per heavy atom. The van der Waals surface area contributed by atoms with Crippen LogP contribution >= 0.6 is 22.4 Å². The molecular formula is C17H14N3OS2Si+. The van der Waals surface area contributed by atoms with E-state index < -0.39 is 5.41 Å². The number of rotatable bonds is 1. The molecule has 7 heteroatoms. The summed E-state index contributed by atoms with van der Waals surface area (Å²) in [6, 6.07) is 22.6. The molecule has 0 saturated heterocycles. The summed E-state index contributed by atoms with van der Waals surface area (Å²) in [7, 11) is 0. The summed E-state index contributed by atoms with van der Waals surface area (Å²) in [5.74, 6) is 0. The summed E-state index contributed by atoms with van der Waals surface area (Å²) in [5.41, 5.74) is -4.21. The molecule has 4 heterocycles. The van der Waals surface area contributed by atoms with Crippen LogP contribution in [0.5, 0.6) is 0 Å². The summed E-state index contributed by atoms with van der Waals surface area (Å²) < 4.78 is 9.32. The van der Waals surface area contributed by atoms with Crippen LogP contribution in [0.3, 0.4) is 0 Å². The molecule has 5 rings (SSSR count). The maximum atomic E-state index is 9.74. The van der Waals surface area contributed by atoms with E-state index in [1.54, 1.807) is 22.4 Å². The Balaban J connectivity index is 2.05. The Morgan fingerprint density at radius 2 is 1.33 bits per heavy atom. The summed E-state index contributed by atoms with van der Waals surface area (Å²) in [6.07, 6.45) is 6.32. The van der Waals surface area contributed by atoms with Gasteiger partial charge in [0.05, 0.1) is 0 Å². The zero-order valence-corrected chi connectivity index (χ0v) is 15.2. The SMILES string of the molecule is OC#[N+][Si-2]12(c3ccccc3)(Sc3cccc[n+]31)Sc1cccc[n+]12. The first-order valence-corrected chi connectivity index (χ1v) is 13.6. The Kier molecular flexibility index (Phi) is 2.37. The van der Waals surface area contributed by atoms with Crippen molar-refractivity contribution in [2.45, 2.75) is 10.1 Å². The van der Waals surface area contributed by atoms with Crippen LogP contribution in [0.15, 0.2) is 89.2 Å². The molecule has 1 N–H and O–H groups in total. The number of aliphatic hydroxyl groups excluding tert-OH is 1. The van der Waals surface area contributed by atoms with Gasteiger partial charge >= 0.3 is 147 Å². The van der Waals surface area contributed by atoms with E-state index in [0.717, 1.165) is 15.2 Å². The molecule has 4 nitrogen and oxygen atoms in total. The molecule has 0 saturated carbocycles. The van der Waals surface area contributed by atoms with Gasteiger partial charge in [-0.1, -0.05) is 0 Å². The molecule has 1 spiro atoms. The van der Waals surface area contributed by atoms with Crippen LogP contribution < -0.4 is 13.7 Å². The first-order chi connectivity index (χ1) is 11.7. The number of hydrogen-bond acceptors (Lipinski definition) is 3. The van der Waals surface area contributed by atoms with Crippen molar-refractivity contribution in [3.05, 3.63) is 83.6 Å². The normalized spacial score (nSPS) is 22.5. The van der Waals surface area contributed by atoms with Crippen molar-refractivity contribution in [2.75, 3.05) is 0 Å². The van der Waals surface area contributed by atoms with Gasteiger partial charge in [-0.25, -0.2) is 0 Å². The Hall–Kier alpha value is -2.27. The van der Waals surface area contributed by atoms with E-state index in [2.05, 4.69) is 51.4 Å². The zero-order valence-electron chi connectivity index (χ0n) is 12.6. The quantitative estimate of drug-likeness (QED) is 0.528. The number of nitrogens with zero attached hydrogens (tertiary/aromatic N) is 3. The van der Waals surface area contributed by atoms with Gasteiger partial charge in [-0.2, -0.15) is 0 Å². The van der Waals surface area contributed by atoms with E-state index in [0.29, 0.717) is 0 Å². The van der Waals surface area contributed by atoms with Gasteiger partial charge in [-0.3, -0.25) is 0 Å². The summed E-state index contributed by atoms with van der Waals surface area (Å²) >= 11 is 3.52. The molecule has 2 aromatic heterocycles. The van der Waals surface area contributed by atoms with E-state index >= 15 is 0 Å². The fourth-order valence-corrected chi connectivity index (χ4v) is 22.3. The fraction of sp³-hybridized carbons (Fsp3) is 0. The van der Waals surface area contributed by atoms with E-state index in [1.807, 2.05) is 42.5 Å². The van der Waals surface area contributed by atoms with Crippen LogP contribution in [0.2, 0.25) is 0 Å². The van der Waals surface area contributed by atoms with Crippen LogP contribution in [-0.2, 0) is 0 Å². The van der Waals surface area contributed by atoms with Gasteiger partial charge in [0.2, 0.25) is 0 Å². The van der Waals surface area contributed by atoms with Crippen LogP contribution in [0.25, 0.3) is 4.51 Å². The standard InChI is InChI=1S/C17H14N3OS2Si/c21-14-18-24(15-8-2-1-3-9-15,19-12-6-4-10-16(19)22-24)20-13-7-5-11-17(20)23-24/h1-13,21H/q+1. The van der Waals surface area contributed by atoms with E-state index in [1.165, 1.54) is 0 Å². The number of fused-ring (bicyclic) bond motifs is 4. The minimum absolute atomic E-state index is 1.11. The topological polar surface area (TPSA) is 32.4 Å². The van der Waals surface area contributed by atoms with E-state index in [-0.39, 0.29) is 0 Å². The van der Waals surface area contributed by atoms with Gasteiger partial charge in [-0.05, 0) is 0 Å². The molecule has 0 radical (unpaired) electrons. The molecule has 0 fully saturated rings. The van der Waals surface area contributed by atoms with Crippen molar-refractivity contribution >= 4 is 33.0 Å². The third-order valence-electron chi connectivity index (χ3n) is 5.07. The Bertz CT molecular complexity index is 1040. The molecule has 0 bridgehead atoms. The monoisotopic (exact) mass is 368 g/mol. The minimum atomic E-state index is -4.21. The van der Waals surface area contributed by atoms with Crippen molar-refractivity contribution in [3.8, 4) is 6.26 Å². The van der Waals surface area contributed by atoms with Gasteiger partial charge in [0.25, 0.3) is 0 Å². The van der Waals surface area contributed by atoms with Crippen molar-refractivity contribution < 1.29 is 13.6 Å². The maximum absolute atomic E-state index is 9.74. The van der Waals surface area contributed by atoms with Gasteiger partial charge in [0, 0.05) is 0 Å². The number of aromatic nitrogens is 2. The molecule has 2 aliphatic rings. The van der Waals surface area contributed by atoms with Crippen molar-refractivity contribution in [1.29, 1.82) is 0 Å². The third-order valence-corrected chi connectivity index (χ3v) is 22.3. The van der Waals surface area contributed by atoms with Gasteiger partial charge in [0.15, 0.2) is 0 Å². The van der Waals surface area contributed by atoms with Crippen molar-refractivity contribution in [3.63, 3.8) is 0 Å². The van der Waals surface area contributed by atoms with Crippen LogP contribution in [0.4, 0.5) is 0 Å². The van der Waals surface area contributed by atoms with Gasteiger partial charge < -0.3 is 0 Å². The van der Waals surface area contributed by atoms with Gasteiger partial charge in [-0.15, -0.1) is 0 Å².